The zero-order valence-electron chi connectivity index (χ0n) is 8.27. The van der Waals surface area contributed by atoms with Crippen molar-refractivity contribution in [3.8, 4) is 0 Å². The van der Waals surface area contributed by atoms with E-state index in [1.54, 1.807) is 6.20 Å². The van der Waals surface area contributed by atoms with Gasteiger partial charge in [0, 0.05) is 12.8 Å². The second-order valence-electron chi connectivity index (χ2n) is 3.94. The lowest BCUT2D eigenvalue weighted by Gasteiger charge is -2.37. The molecule has 1 aliphatic rings. The fraction of sp³-hybridized carbons (Fsp3) is 0.700. The molecule has 0 spiro atoms. The van der Waals surface area contributed by atoms with Crippen molar-refractivity contribution in [2.75, 3.05) is 6.61 Å². The second kappa shape index (κ2) is 3.96. The molecule has 2 unspecified atom stereocenters. The first-order chi connectivity index (χ1) is 6.72. The number of rotatable bonds is 2. The van der Waals surface area contributed by atoms with Crippen LogP contribution in [-0.2, 0) is 4.74 Å². The van der Waals surface area contributed by atoms with Crippen LogP contribution >= 0.6 is 11.5 Å². The Balaban J connectivity index is 2.13. The third-order valence-corrected chi connectivity index (χ3v) is 3.60. The van der Waals surface area contributed by atoms with E-state index >= 15 is 0 Å². The number of aliphatic hydroxyl groups excluding tert-OH is 1. The minimum absolute atomic E-state index is 0.412. The molecule has 3 nitrogen and oxygen atoms in total. The second-order valence-corrected chi connectivity index (χ2v) is 4.80. The Bertz CT molecular complexity index is 280. The van der Waals surface area contributed by atoms with Crippen molar-refractivity contribution < 1.29 is 9.84 Å². The average molecular weight is 213 g/mol. The quantitative estimate of drug-likeness (QED) is 0.818. The van der Waals surface area contributed by atoms with Crippen molar-refractivity contribution in [2.24, 2.45) is 0 Å². The molecule has 0 aromatic carbocycles. The molecule has 78 valence electrons. The molecule has 2 rings (SSSR count). The van der Waals surface area contributed by atoms with E-state index < -0.39 is 11.7 Å². The first-order valence-corrected chi connectivity index (χ1v) is 5.72. The average Bonchev–Trinajstić information content (AvgIpc) is 2.70. The van der Waals surface area contributed by atoms with Gasteiger partial charge >= 0.3 is 0 Å². The maximum Gasteiger partial charge on any atom is 0.118 e. The fourth-order valence-electron chi connectivity index (χ4n) is 1.84. The predicted octanol–water partition coefficient (Wildman–Crippen LogP) is 2.14. The molecule has 1 aromatic heterocycles. The Morgan fingerprint density at radius 1 is 1.64 bits per heavy atom. The van der Waals surface area contributed by atoms with E-state index in [1.165, 1.54) is 11.5 Å². The Hall–Kier alpha value is -0.450. The molecule has 4 heteroatoms. The zero-order chi connectivity index (χ0) is 10.0. The van der Waals surface area contributed by atoms with Crippen LogP contribution in [0.5, 0.6) is 0 Å². The molecule has 0 radical (unpaired) electrons. The molecule has 0 amide bonds. The van der Waals surface area contributed by atoms with Crippen molar-refractivity contribution in [1.82, 2.24) is 4.37 Å². The summed E-state index contributed by atoms with van der Waals surface area (Å²) in [6, 6.07) is 1.86. The van der Waals surface area contributed by atoms with Gasteiger partial charge in [-0.2, -0.15) is 0 Å². The molecule has 1 fully saturated rings. The number of aromatic nitrogens is 1. The summed E-state index contributed by atoms with van der Waals surface area (Å²) in [5.74, 6) is 0. The Morgan fingerprint density at radius 2 is 2.50 bits per heavy atom. The van der Waals surface area contributed by atoms with Crippen molar-refractivity contribution >= 4 is 11.5 Å². The van der Waals surface area contributed by atoms with Gasteiger partial charge in [0.2, 0.25) is 0 Å². The van der Waals surface area contributed by atoms with Crippen LogP contribution in [-0.4, -0.2) is 21.7 Å². The van der Waals surface area contributed by atoms with Crippen LogP contribution in [0.4, 0.5) is 0 Å². The summed E-state index contributed by atoms with van der Waals surface area (Å²) in [5, 5.41) is 10.1. The van der Waals surface area contributed by atoms with E-state index in [0.717, 1.165) is 30.7 Å². The third kappa shape index (κ3) is 1.82. The highest BCUT2D eigenvalue weighted by Gasteiger charge is 2.37. The molecular formula is C10H15NO2S. The van der Waals surface area contributed by atoms with Gasteiger partial charge in [0.05, 0.1) is 10.5 Å². The van der Waals surface area contributed by atoms with Gasteiger partial charge in [0.1, 0.15) is 6.10 Å². The fourth-order valence-corrected chi connectivity index (χ4v) is 2.55. The molecule has 14 heavy (non-hydrogen) atoms. The molecular weight excluding hydrogens is 198 g/mol. The Kier molecular flexibility index (Phi) is 2.85. The molecule has 2 atom stereocenters. The van der Waals surface area contributed by atoms with Gasteiger partial charge in [0.25, 0.3) is 0 Å². The van der Waals surface area contributed by atoms with E-state index in [1.807, 2.05) is 13.0 Å². The molecule has 0 saturated carbocycles. The third-order valence-electron chi connectivity index (χ3n) is 2.80. The summed E-state index contributed by atoms with van der Waals surface area (Å²) in [4.78, 5) is 0.898. The predicted molar refractivity (Wildman–Crippen MR) is 55.3 cm³/mol. The Labute approximate surface area is 87.9 Å². The lowest BCUT2D eigenvalue weighted by Crippen LogP contribution is -2.38. The number of ether oxygens (including phenoxy) is 1. The maximum absolute atomic E-state index is 10.1. The van der Waals surface area contributed by atoms with Gasteiger partial charge < -0.3 is 9.84 Å². The van der Waals surface area contributed by atoms with Gasteiger partial charge in [-0.15, -0.1) is 0 Å². The number of hydrogen-bond donors (Lipinski definition) is 1. The molecule has 2 heterocycles. The van der Waals surface area contributed by atoms with Crippen molar-refractivity contribution in [3.05, 3.63) is 17.1 Å². The highest BCUT2D eigenvalue weighted by atomic mass is 32.1. The minimum Gasteiger partial charge on any atom is -0.384 e. The first-order valence-electron chi connectivity index (χ1n) is 4.95. The highest BCUT2D eigenvalue weighted by Crippen LogP contribution is 2.37. The monoisotopic (exact) mass is 213 g/mol. The Morgan fingerprint density at radius 3 is 3.07 bits per heavy atom. The van der Waals surface area contributed by atoms with Crippen LogP contribution in [0.2, 0.25) is 0 Å². The van der Waals surface area contributed by atoms with E-state index in [2.05, 4.69) is 4.37 Å². The van der Waals surface area contributed by atoms with Crippen molar-refractivity contribution in [2.45, 2.75) is 37.9 Å². The zero-order valence-corrected chi connectivity index (χ0v) is 9.09. The summed E-state index contributed by atoms with van der Waals surface area (Å²) < 4.78 is 9.68. The standard InChI is InChI=1S/C10H15NO2S/c1-10(5-2-3-7-13-10)9(12)8-4-6-11-14-8/h4,6,9,12H,2-3,5,7H2,1H3. The van der Waals surface area contributed by atoms with Crippen molar-refractivity contribution in [3.63, 3.8) is 0 Å². The van der Waals surface area contributed by atoms with Gasteiger partial charge in [-0.3, -0.25) is 0 Å². The van der Waals surface area contributed by atoms with Crippen molar-refractivity contribution in [1.29, 1.82) is 0 Å². The molecule has 0 aliphatic carbocycles. The molecule has 1 saturated heterocycles. The maximum atomic E-state index is 10.1. The number of hydrogen-bond acceptors (Lipinski definition) is 4. The summed E-state index contributed by atoms with van der Waals surface area (Å²) in [5.41, 5.74) is -0.412. The van der Waals surface area contributed by atoms with Gasteiger partial charge in [0.15, 0.2) is 0 Å². The molecule has 0 bridgehead atoms. The summed E-state index contributed by atoms with van der Waals surface area (Å²) in [7, 11) is 0. The highest BCUT2D eigenvalue weighted by molar-refractivity contribution is 7.05. The van der Waals surface area contributed by atoms with Gasteiger partial charge in [-0.25, -0.2) is 4.37 Å². The van der Waals surface area contributed by atoms with Crippen LogP contribution < -0.4 is 0 Å². The largest absolute Gasteiger partial charge is 0.384 e. The molecule has 1 N–H and O–H groups in total. The molecule has 1 aliphatic heterocycles. The lowest BCUT2D eigenvalue weighted by molar-refractivity contribution is -0.137. The number of aliphatic hydroxyl groups is 1. The van der Waals surface area contributed by atoms with Crippen LogP contribution in [0.3, 0.4) is 0 Å². The van der Waals surface area contributed by atoms with E-state index in [9.17, 15) is 5.11 Å². The van der Waals surface area contributed by atoms with Crippen LogP contribution in [0.15, 0.2) is 12.3 Å². The molecule has 1 aromatic rings. The normalized spacial score (nSPS) is 30.1. The SMILES string of the molecule is CC1(C(O)c2ccns2)CCCCO1. The van der Waals surface area contributed by atoms with Gasteiger partial charge in [-0.1, -0.05) is 0 Å². The summed E-state index contributed by atoms with van der Waals surface area (Å²) in [6.07, 6.45) is 4.34. The lowest BCUT2D eigenvalue weighted by atomic mass is 9.89. The number of nitrogens with zero attached hydrogens (tertiary/aromatic N) is 1. The van der Waals surface area contributed by atoms with Crippen LogP contribution in [0.1, 0.15) is 37.2 Å². The summed E-state index contributed by atoms with van der Waals surface area (Å²) >= 11 is 1.34. The smallest absolute Gasteiger partial charge is 0.118 e. The topological polar surface area (TPSA) is 42.4 Å². The minimum atomic E-state index is -0.532. The van der Waals surface area contributed by atoms with E-state index in [-0.39, 0.29) is 0 Å². The van der Waals surface area contributed by atoms with E-state index in [4.69, 9.17) is 4.74 Å². The van der Waals surface area contributed by atoms with Crippen LogP contribution in [0, 0.1) is 0 Å². The van der Waals surface area contributed by atoms with E-state index in [0.29, 0.717) is 0 Å². The first kappa shape index (κ1) is 10.1. The van der Waals surface area contributed by atoms with Crippen LogP contribution in [0.25, 0.3) is 0 Å². The van der Waals surface area contributed by atoms with Gasteiger partial charge in [-0.05, 0) is 43.8 Å². The summed E-state index contributed by atoms with van der Waals surface area (Å²) in [6.45, 7) is 2.74.